The SMILES string of the molecule is CC(=O)N1CCC(Nc2nc(C(F)(F)F)nc3c(NC[C@H](O)CN4CCc5ccc(F)cc5C4)n[nH]c23)CC1. The molecule has 0 bridgehead atoms. The van der Waals surface area contributed by atoms with Crippen molar-refractivity contribution in [1.29, 1.82) is 0 Å². The van der Waals surface area contributed by atoms with E-state index in [0.717, 1.165) is 17.5 Å². The molecule has 0 unspecified atom stereocenters. The molecule has 4 N–H and O–H groups in total. The second-order valence-corrected chi connectivity index (χ2v) is 10.0. The summed E-state index contributed by atoms with van der Waals surface area (Å²) >= 11 is 0. The van der Waals surface area contributed by atoms with Crippen LogP contribution in [-0.4, -0.2) is 85.8 Å². The molecule has 1 amide bonds. The predicted molar refractivity (Wildman–Crippen MR) is 135 cm³/mol. The van der Waals surface area contributed by atoms with Gasteiger partial charge >= 0.3 is 6.18 Å². The van der Waals surface area contributed by atoms with Gasteiger partial charge in [-0.25, -0.2) is 14.4 Å². The molecular weight excluding hydrogens is 520 g/mol. The predicted octanol–water partition coefficient (Wildman–Crippen LogP) is 2.76. The molecule has 0 saturated carbocycles. The number of nitrogens with zero attached hydrogens (tertiary/aromatic N) is 5. The lowest BCUT2D eigenvalue weighted by Crippen LogP contribution is -2.41. The molecular formula is C25H30F4N8O2. The van der Waals surface area contributed by atoms with E-state index in [1.54, 1.807) is 11.0 Å². The quantitative estimate of drug-likeness (QED) is 0.332. The molecule has 1 fully saturated rings. The summed E-state index contributed by atoms with van der Waals surface area (Å²) in [4.78, 5) is 22.7. The van der Waals surface area contributed by atoms with Gasteiger partial charge in [0.2, 0.25) is 11.7 Å². The van der Waals surface area contributed by atoms with Crippen LogP contribution in [0.1, 0.15) is 36.7 Å². The number of hydrogen-bond acceptors (Lipinski definition) is 8. The van der Waals surface area contributed by atoms with Crippen molar-refractivity contribution in [2.24, 2.45) is 0 Å². The summed E-state index contributed by atoms with van der Waals surface area (Å²) in [5, 5.41) is 23.4. The topological polar surface area (TPSA) is 122 Å². The minimum absolute atomic E-state index is 0.0179. The monoisotopic (exact) mass is 550 g/mol. The number of nitrogens with one attached hydrogen (secondary N) is 3. The van der Waals surface area contributed by atoms with Crippen LogP contribution in [-0.2, 0) is 23.9 Å². The van der Waals surface area contributed by atoms with E-state index in [-0.39, 0.29) is 47.0 Å². The van der Waals surface area contributed by atoms with Crippen LogP contribution in [0, 0.1) is 5.82 Å². The number of rotatable bonds is 7. The van der Waals surface area contributed by atoms with E-state index in [0.29, 0.717) is 45.6 Å². The van der Waals surface area contributed by atoms with Gasteiger partial charge < -0.3 is 20.6 Å². The van der Waals surface area contributed by atoms with Crippen LogP contribution < -0.4 is 10.6 Å². The third kappa shape index (κ3) is 6.22. The third-order valence-electron chi connectivity index (χ3n) is 7.18. The number of alkyl halides is 3. The molecule has 1 atom stereocenters. The highest BCUT2D eigenvalue weighted by Crippen LogP contribution is 2.32. The first kappa shape index (κ1) is 27.1. The fourth-order valence-corrected chi connectivity index (χ4v) is 5.11. The van der Waals surface area contributed by atoms with Crippen molar-refractivity contribution < 1.29 is 27.5 Å². The Morgan fingerprint density at radius 3 is 2.67 bits per heavy atom. The molecule has 2 aliphatic rings. The molecule has 14 heteroatoms. The summed E-state index contributed by atoms with van der Waals surface area (Å²) in [5.41, 5.74) is 2.12. The molecule has 1 saturated heterocycles. The lowest BCUT2D eigenvalue weighted by atomic mass is 9.99. The van der Waals surface area contributed by atoms with Gasteiger partial charge in [0.15, 0.2) is 11.6 Å². The van der Waals surface area contributed by atoms with Gasteiger partial charge in [0.05, 0.1) is 6.10 Å². The van der Waals surface area contributed by atoms with Crippen LogP contribution >= 0.6 is 0 Å². The fourth-order valence-electron chi connectivity index (χ4n) is 5.11. The van der Waals surface area contributed by atoms with Crippen LogP contribution in [0.3, 0.4) is 0 Å². The molecule has 0 radical (unpaired) electrons. The molecule has 2 aliphatic heterocycles. The number of aliphatic hydroxyl groups excluding tert-OH is 1. The van der Waals surface area contributed by atoms with Crippen molar-refractivity contribution in [2.75, 3.05) is 43.4 Å². The third-order valence-corrected chi connectivity index (χ3v) is 7.18. The molecule has 3 aromatic rings. The number of halogens is 4. The van der Waals surface area contributed by atoms with E-state index in [1.165, 1.54) is 19.1 Å². The fraction of sp³-hybridized carbons (Fsp3) is 0.520. The average molecular weight is 551 g/mol. The summed E-state index contributed by atoms with van der Waals surface area (Å²) in [7, 11) is 0. The molecule has 0 aliphatic carbocycles. The van der Waals surface area contributed by atoms with Gasteiger partial charge in [-0.3, -0.25) is 14.8 Å². The number of aromatic nitrogens is 4. The van der Waals surface area contributed by atoms with Crippen LogP contribution in [0.2, 0.25) is 0 Å². The number of carbonyl (C=O) groups excluding carboxylic acids is 1. The Hall–Kier alpha value is -3.52. The zero-order chi connectivity index (χ0) is 27.7. The van der Waals surface area contributed by atoms with Crippen LogP contribution in [0.25, 0.3) is 11.0 Å². The molecule has 39 heavy (non-hydrogen) atoms. The number of aromatic amines is 1. The van der Waals surface area contributed by atoms with Crippen molar-refractivity contribution in [3.8, 4) is 0 Å². The van der Waals surface area contributed by atoms with Crippen LogP contribution in [0.5, 0.6) is 0 Å². The van der Waals surface area contributed by atoms with E-state index < -0.39 is 18.1 Å². The van der Waals surface area contributed by atoms with E-state index in [1.807, 2.05) is 4.90 Å². The number of β-amino-alcohol motifs (C(OH)–C–C–N with tert-alkyl or cyclic N) is 1. The van der Waals surface area contributed by atoms with Gasteiger partial charge in [-0.15, -0.1) is 0 Å². The van der Waals surface area contributed by atoms with Crippen LogP contribution in [0.4, 0.5) is 29.2 Å². The molecule has 2 aromatic heterocycles. The Kier molecular flexibility index (Phi) is 7.58. The number of carbonyl (C=O) groups is 1. The smallest absolute Gasteiger partial charge is 0.390 e. The van der Waals surface area contributed by atoms with Gasteiger partial charge in [-0.05, 0) is 42.5 Å². The van der Waals surface area contributed by atoms with Crippen molar-refractivity contribution in [1.82, 2.24) is 30.0 Å². The molecule has 1 aromatic carbocycles. The lowest BCUT2D eigenvalue weighted by molar-refractivity contribution is -0.144. The zero-order valence-electron chi connectivity index (χ0n) is 21.4. The Morgan fingerprint density at radius 1 is 1.18 bits per heavy atom. The highest BCUT2D eigenvalue weighted by Gasteiger charge is 2.37. The summed E-state index contributed by atoms with van der Waals surface area (Å²) in [6, 6.07) is 4.54. The number of amides is 1. The largest absolute Gasteiger partial charge is 0.451 e. The van der Waals surface area contributed by atoms with Gasteiger partial charge in [0.25, 0.3) is 0 Å². The number of hydrogen-bond donors (Lipinski definition) is 4. The number of aliphatic hydroxyl groups is 1. The van der Waals surface area contributed by atoms with Gasteiger partial charge in [0, 0.05) is 52.2 Å². The van der Waals surface area contributed by atoms with Crippen molar-refractivity contribution in [2.45, 2.75) is 51.1 Å². The normalized spacial score (nSPS) is 17.7. The highest BCUT2D eigenvalue weighted by atomic mass is 19.4. The van der Waals surface area contributed by atoms with Gasteiger partial charge in [0.1, 0.15) is 16.9 Å². The summed E-state index contributed by atoms with van der Waals surface area (Å²) in [6.07, 6.45) is -3.78. The minimum atomic E-state index is -4.78. The first-order chi connectivity index (χ1) is 18.6. The van der Waals surface area contributed by atoms with Crippen molar-refractivity contribution >= 4 is 28.6 Å². The number of likely N-dealkylation sites (tertiary alicyclic amines) is 1. The van der Waals surface area contributed by atoms with Gasteiger partial charge in [-0.2, -0.15) is 18.3 Å². The highest BCUT2D eigenvalue weighted by molar-refractivity contribution is 5.93. The zero-order valence-corrected chi connectivity index (χ0v) is 21.4. The summed E-state index contributed by atoms with van der Waals surface area (Å²) in [6.45, 7) is 3.99. The number of piperidine rings is 1. The molecule has 10 nitrogen and oxygen atoms in total. The number of H-pyrrole nitrogens is 1. The molecule has 5 rings (SSSR count). The standard InChI is InChI=1S/C25H30F4N8O2/c1-14(38)37-8-5-18(6-9-37)31-23-21-20(32-24(33-23)25(27,28)29)22(35-34-21)30-11-19(39)13-36-7-4-15-2-3-17(26)10-16(15)12-36/h2-3,10,18-19,39H,4-9,11-13H2,1H3,(H2,30,34,35)(H,31,32,33)/t19-/m0/s1. The Morgan fingerprint density at radius 2 is 1.95 bits per heavy atom. The van der Waals surface area contributed by atoms with E-state index in [4.69, 9.17) is 0 Å². The first-order valence-electron chi connectivity index (χ1n) is 12.8. The average Bonchev–Trinajstić information content (AvgIpc) is 3.30. The van der Waals surface area contributed by atoms with Crippen LogP contribution in [0.15, 0.2) is 18.2 Å². The van der Waals surface area contributed by atoms with Crippen molar-refractivity contribution in [3.05, 3.63) is 41.0 Å². The maximum Gasteiger partial charge on any atom is 0.451 e. The Labute approximate surface area is 221 Å². The Balaban J connectivity index is 1.27. The summed E-state index contributed by atoms with van der Waals surface area (Å²) in [5.74, 6) is -1.60. The molecule has 210 valence electrons. The minimum Gasteiger partial charge on any atom is -0.390 e. The van der Waals surface area contributed by atoms with Crippen molar-refractivity contribution in [3.63, 3.8) is 0 Å². The summed E-state index contributed by atoms with van der Waals surface area (Å²) < 4.78 is 54.5. The Bertz CT molecular complexity index is 1340. The van der Waals surface area contributed by atoms with Gasteiger partial charge in [-0.1, -0.05) is 6.07 Å². The lowest BCUT2D eigenvalue weighted by Gasteiger charge is -2.32. The van der Waals surface area contributed by atoms with E-state index in [9.17, 15) is 27.5 Å². The second kappa shape index (κ2) is 10.9. The van der Waals surface area contributed by atoms with E-state index in [2.05, 4.69) is 30.8 Å². The number of anilines is 2. The molecule has 0 spiro atoms. The maximum atomic E-state index is 13.6. The van der Waals surface area contributed by atoms with E-state index >= 15 is 0 Å². The second-order valence-electron chi connectivity index (χ2n) is 10.0. The first-order valence-corrected chi connectivity index (χ1v) is 12.8. The maximum absolute atomic E-state index is 13.6. The number of fused-ring (bicyclic) bond motifs is 2. The number of benzene rings is 1. The molecule has 4 heterocycles.